The minimum absolute atomic E-state index is 0.0702. The highest BCUT2D eigenvalue weighted by Crippen LogP contribution is 2.02. The van der Waals surface area contributed by atoms with Gasteiger partial charge in [-0.1, -0.05) is 17.7 Å². The number of nitriles is 2. The first-order valence-electron chi connectivity index (χ1n) is 5.22. The van der Waals surface area contributed by atoms with E-state index in [1.165, 1.54) is 6.92 Å². The van der Waals surface area contributed by atoms with Crippen LogP contribution in [0.2, 0.25) is 0 Å². The van der Waals surface area contributed by atoms with E-state index in [0.717, 1.165) is 5.56 Å². The lowest BCUT2D eigenvalue weighted by atomic mass is 10.1. The smallest absolute Gasteiger partial charge is 0.269 e. The lowest BCUT2D eigenvalue weighted by Gasteiger charge is -2.08. The van der Waals surface area contributed by atoms with E-state index < -0.39 is 0 Å². The van der Waals surface area contributed by atoms with Crippen molar-refractivity contribution in [2.45, 2.75) is 13.8 Å². The van der Waals surface area contributed by atoms with Crippen molar-refractivity contribution in [2.75, 3.05) is 0 Å². The molecule has 0 radical (unpaired) electrons. The Bertz CT molecular complexity index is 542. The fraction of sp³-hybridized carbons (Fsp3) is 0.154. The third kappa shape index (κ3) is 3.36. The summed E-state index contributed by atoms with van der Waals surface area (Å²) in [6.07, 6.45) is 0. The molecule has 90 valence electrons. The van der Waals surface area contributed by atoms with E-state index >= 15 is 0 Å². The van der Waals surface area contributed by atoms with Crippen LogP contribution in [0.25, 0.3) is 0 Å². The van der Waals surface area contributed by atoms with Crippen LogP contribution in [0.1, 0.15) is 22.8 Å². The van der Waals surface area contributed by atoms with Crippen LogP contribution in [0.4, 0.5) is 0 Å². The normalized spacial score (nSPS) is 8.67. The van der Waals surface area contributed by atoms with Crippen LogP contribution < -0.4 is 10.9 Å². The fourth-order valence-corrected chi connectivity index (χ4v) is 1.18. The third-order valence-electron chi connectivity index (χ3n) is 2.28. The molecular weight excluding hydrogens is 228 g/mol. The number of amides is 1. The van der Waals surface area contributed by atoms with Crippen molar-refractivity contribution in [3.05, 3.63) is 46.7 Å². The van der Waals surface area contributed by atoms with Gasteiger partial charge in [0.15, 0.2) is 0 Å². The molecule has 1 aromatic carbocycles. The van der Waals surface area contributed by atoms with Crippen LogP contribution in [0.5, 0.6) is 0 Å². The first-order valence-corrected chi connectivity index (χ1v) is 5.22. The Kier molecular flexibility index (Phi) is 4.48. The highest BCUT2D eigenvalue weighted by atomic mass is 16.2. The molecule has 0 aliphatic carbocycles. The van der Waals surface area contributed by atoms with Gasteiger partial charge in [0.2, 0.25) is 0 Å². The Morgan fingerprint density at radius 3 is 2.17 bits per heavy atom. The summed E-state index contributed by atoms with van der Waals surface area (Å²) in [6.45, 7) is 3.47. The molecule has 0 fully saturated rings. The molecule has 0 heterocycles. The summed E-state index contributed by atoms with van der Waals surface area (Å²) in [6, 6.07) is 10.5. The van der Waals surface area contributed by atoms with Crippen molar-refractivity contribution in [2.24, 2.45) is 0 Å². The summed E-state index contributed by atoms with van der Waals surface area (Å²) in [7, 11) is 0. The van der Waals surface area contributed by atoms with E-state index in [9.17, 15) is 4.79 Å². The van der Waals surface area contributed by atoms with Crippen molar-refractivity contribution in [3.63, 3.8) is 0 Å². The number of hydrogen-bond donors (Lipinski definition) is 2. The van der Waals surface area contributed by atoms with Gasteiger partial charge in [-0.3, -0.25) is 10.2 Å². The summed E-state index contributed by atoms with van der Waals surface area (Å²) in [5.74, 6) is -0.329. The fourth-order valence-electron chi connectivity index (χ4n) is 1.18. The van der Waals surface area contributed by atoms with Gasteiger partial charge in [-0.05, 0) is 26.0 Å². The van der Waals surface area contributed by atoms with Crippen molar-refractivity contribution in [1.29, 1.82) is 10.5 Å². The van der Waals surface area contributed by atoms with Gasteiger partial charge < -0.3 is 5.43 Å². The van der Waals surface area contributed by atoms with E-state index in [1.54, 1.807) is 24.3 Å². The minimum Gasteiger partial charge on any atom is -0.301 e. The largest absolute Gasteiger partial charge is 0.301 e. The standard InChI is InChI=1S/C13H12N4O/c1-9-3-5-11(6-4-9)13(18)17-16-10(2)12(7-14)8-15/h3-6,16H,1-2H3,(H,17,18). The number of carbonyl (C=O) groups is 1. The molecule has 1 aromatic rings. The van der Waals surface area contributed by atoms with Crippen molar-refractivity contribution < 1.29 is 4.79 Å². The Balaban J connectivity index is 2.69. The topological polar surface area (TPSA) is 88.7 Å². The van der Waals surface area contributed by atoms with Crippen LogP contribution >= 0.6 is 0 Å². The van der Waals surface area contributed by atoms with Gasteiger partial charge in [0.1, 0.15) is 17.7 Å². The molecule has 0 atom stereocenters. The second-order valence-corrected chi connectivity index (χ2v) is 3.67. The number of nitrogens with one attached hydrogen (secondary N) is 2. The van der Waals surface area contributed by atoms with Gasteiger partial charge in [-0.15, -0.1) is 0 Å². The van der Waals surface area contributed by atoms with Crippen LogP contribution in [0, 0.1) is 29.6 Å². The summed E-state index contributed by atoms with van der Waals surface area (Å²) in [5.41, 5.74) is 6.75. The maximum Gasteiger partial charge on any atom is 0.269 e. The van der Waals surface area contributed by atoms with Crippen LogP contribution in [-0.2, 0) is 0 Å². The molecule has 0 aromatic heterocycles. The summed E-state index contributed by atoms with van der Waals surface area (Å²) in [4.78, 5) is 11.7. The average molecular weight is 240 g/mol. The molecule has 5 heteroatoms. The molecule has 2 N–H and O–H groups in total. The van der Waals surface area contributed by atoms with Gasteiger partial charge in [-0.25, -0.2) is 0 Å². The molecule has 0 saturated heterocycles. The maximum atomic E-state index is 11.7. The number of aryl methyl sites for hydroxylation is 1. The number of nitrogens with zero attached hydrogens (tertiary/aromatic N) is 2. The molecule has 0 unspecified atom stereocenters. The third-order valence-corrected chi connectivity index (χ3v) is 2.28. The Morgan fingerprint density at radius 2 is 1.67 bits per heavy atom. The monoisotopic (exact) mass is 240 g/mol. The number of allylic oxidation sites excluding steroid dienone is 2. The first-order chi connectivity index (χ1) is 8.58. The second kappa shape index (κ2) is 6.07. The van der Waals surface area contributed by atoms with Crippen molar-refractivity contribution in [3.8, 4) is 12.1 Å². The second-order valence-electron chi connectivity index (χ2n) is 3.67. The predicted octanol–water partition coefficient (Wildman–Crippen LogP) is 1.55. The maximum absolute atomic E-state index is 11.7. The van der Waals surface area contributed by atoms with Crippen LogP contribution in [0.15, 0.2) is 35.5 Å². The molecule has 1 amide bonds. The minimum atomic E-state index is -0.329. The molecule has 1 rings (SSSR count). The summed E-state index contributed by atoms with van der Waals surface area (Å²) in [5, 5.41) is 17.3. The van der Waals surface area contributed by atoms with Crippen LogP contribution in [-0.4, -0.2) is 5.91 Å². The zero-order chi connectivity index (χ0) is 13.5. The Hall–Kier alpha value is -2.79. The molecule has 0 saturated carbocycles. The molecule has 5 nitrogen and oxygen atoms in total. The molecular formula is C13H12N4O. The molecule has 0 bridgehead atoms. The van der Waals surface area contributed by atoms with Crippen LogP contribution in [0.3, 0.4) is 0 Å². The zero-order valence-corrected chi connectivity index (χ0v) is 10.1. The van der Waals surface area contributed by atoms with Crippen molar-refractivity contribution >= 4 is 5.91 Å². The number of benzene rings is 1. The Labute approximate surface area is 105 Å². The van der Waals surface area contributed by atoms with Gasteiger partial charge in [0.25, 0.3) is 5.91 Å². The number of carbonyl (C=O) groups excluding carboxylic acids is 1. The first kappa shape index (κ1) is 13.3. The summed E-state index contributed by atoms with van der Waals surface area (Å²) < 4.78 is 0. The molecule has 0 spiro atoms. The van der Waals surface area contributed by atoms with E-state index in [-0.39, 0.29) is 11.5 Å². The lowest BCUT2D eigenvalue weighted by Crippen LogP contribution is -2.36. The quantitative estimate of drug-likeness (QED) is 0.619. The molecule has 0 aliphatic rings. The van der Waals surface area contributed by atoms with E-state index in [4.69, 9.17) is 10.5 Å². The average Bonchev–Trinajstić information content (AvgIpc) is 2.38. The predicted molar refractivity (Wildman–Crippen MR) is 65.7 cm³/mol. The Morgan fingerprint density at radius 1 is 1.11 bits per heavy atom. The molecule has 18 heavy (non-hydrogen) atoms. The number of rotatable bonds is 3. The van der Waals surface area contributed by atoms with E-state index in [0.29, 0.717) is 11.3 Å². The number of hydrazine groups is 1. The number of hydrogen-bond acceptors (Lipinski definition) is 4. The van der Waals surface area contributed by atoms with E-state index in [2.05, 4.69) is 10.9 Å². The SMILES string of the molecule is CC(NNC(=O)c1ccc(C)cc1)=C(C#N)C#N. The summed E-state index contributed by atoms with van der Waals surface area (Å²) >= 11 is 0. The van der Waals surface area contributed by atoms with Gasteiger partial charge in [0, 0.05) is 5.56 Å². The zero-order valence-electron chi connectivity index (χ0n) is 10.1. The van der Waals surface area contributed by atoms with Gasteiger partial charge in [0.05, 0.1) is 5.70 Å². The molecule has 0 aliphatic heterocycles. The van der Waals surface area contributed by atoms with E-state index in [1.807, 2.05) is 19.1 Å². The van der Waals surface area contributed by atoms with Crippen molar-refractivity contribution in [1.82, 2.24) is 10.9 Å². The van der Waals surface area contributed by atoms with Gasteiger partial charge in [-0.2, -0.15) is 10.5 Å². The highest BCUT2D eigenvalue weighted by Gasteiger charge is 2.05. The van der Waals surface area contributed by atoms with Gasteiger partial charge >= 0.3 is 0 Å². The highest BCUT2D eigenvalue weighted by molar-refractivity contribution is 5.93. The lowest BCUT2D eigenvalue weighted by molar-refractivity contribution is 0.0939.